The van der Waals surface area contributed by atoms with Gasteiger partial charge in [-0.25, -0.2) is 4.39 Å². The Balaban J connectivity index is 2.68. The molecule has 20 heavy (non-hydrogen) atoms. The average Bonchev–Trinajstić information content (AvgIpc) is 2.31. The van der Waals surface area contributed by atoms with Gasteiger partial charge in [0.1, 0.15) is 5.82 Å². The fraction of sp³-hybridized carbons (Fsp3) is 0.385. The molecule has 0 aliphatic carbocycles. The SMILES string of the molecule is CC(C)N(CC(N)=O)CC(=O)Nc1ccc(Cl)cc1F. The van der Waals surface area contributed by atoms with Gasteiger partial charge in [-0.15, -0.1) is 0 Å². The van der Waals surface area contributed by atoms with Gasteiger partial charge in [-0.1, -0.05) is 11.6 Å². The highest BCUT2D eigenvalue weighted by molar-refractivity contribution is 6.30. The van der Waals surface area contributed by atoms with E-state index in [9.17, 15) is 14.0 Å². The summed E-state index contributed by atoms with van der Waals surface area (Å²) in [5, 5.41) is 2.68. The molecule has 0 atom stereocenters. The number of halogens is 2. The summed E-state index contributed by atoms with van der Waals surface area (Å²) < 4.78 is 13.5. The van der Waals surface area contributed by atoms with Crippen molar-refractivity contribution < 1.29 is 14.0 Å². The Bertz CT molecular complexity index is 508. The molecule has 0 aromatic heterocycles. The van der Waals surface area contributed by atoms with Gasteiger partial charge in [0.05, 0.1) is 18.8 Å². The van der Waals surface area contributed by atoms with Gasteiger partial charge < -0.3 is 11.1 Å². The zero-order valence-electron chi connectivity index (χ0n) is 11.3. The van der Waals surface area contributed by atoms with Gasteiger partial charge in [-0.2, -0.15) is 0 Å². The van der Waals surface area contributed by atoms with Crippen LogP contribution in [0.4, 0.5) is 10.1 Å². The smallest absolute Gasteiger partial charge is 0.238 e. The van der Waals surface area contributed by atoms with Crippen molar-refractivity contribution in [3.05, 3.63) is 29.0 Å². The molecule has 0 saturated carbocycles. The maximum atomic E-state index is 13.5. The Labute approximate surface area is 121 Å². The Morgan fingerprint density at radius 3 is 2.55 bits per heavy atom. The van der Waals surface area contributed by atoms with E-state index in [-0.39, 0.29) is 29.8 Å². The van der Waals surface area contributed by atoms with Gasteiger partial charge in [0, 0.05) is 11.1 Å². The Kier molecular flexibility index (Phi) is 5.91. The fourth-order valence-corrected chi connectivity index (χ4v) is 1.75. The van der Waals surface area contributed by atoms with Gasteiger partial charge >= 0.3 is 0 Å². The molecule has 7 heteroatoms. The lowest BCUT2D eigenvalue weighted by molar-refractivity contribution is -0.121. The van der Waals surface area contributed by atoms with Crippen LogP contribution in [0.15, 0.2) is 18.2 Å². The molecule has 0 unspecified atom stereocenters. The molecule has 110 valence electrons. The molecule has 0 saturated heterocycles. The number of hydrogen-bond acceptors (Lipinski definition) is 3. The lowest BCUT2D eigenvalue weighted by Crippen LogP contribution is -2.43. The van der Waals surface area contributed by atoms with Crippen molar-refractivity contribution in [3.8, 4) is 0 Å². The molecule has 0 radical (unpaired) electrons. The summed E-state index contributed by atoms with van der Waals surface area (Å²) in [5.41, 5.74) is 5.16. The third-order valence-electron chi connectivity index (χ3n) is 2.64. The van der Waals surface area contributed by atoms with Crippen LogP contribution in [-0.2, 0) is 9.59 Å². The minimum Gasteiger partial charge on any atom is -0.369 e. The van der Waals surface area contributed by atoms with Crippen molar-refractivity contribution in [1.29, 1.82) is 0 Å². The highest BCUT2D eigenvalue weighted by atomic mass is 35.5. The maximum Gasteiger partial charge on any atom is 0.238 e. The second kappa shape index (κ2) is 7.21. The largest absolute Gasteiger partial charge is 0.369 e. The number of hydrogen-bond donors (Lipinski definition) is 2. The van der Waals surface area contributed by atoms with Crippen molar-refractivity contribution in [3.63, 3.8) is 0 Å². The van der Waals surface area contributed by atoms with E-state index >= 15 is 0 Å². The van der Waals surface area contributed by atoms with E-state index in [0.717, 1.165) is 6.07 Å². The molecule has 2 amide bonds. The highest BCUT2D eigenvalue weighted by Crippen LogP contribution is 2.18. The Hall–Kier alpha value is -1.66. The predicted molar refractivity (Wildman–Crippen MR) is 75.9 cm³/mol. The van der Waals surface area contributed by atoms with Gasteiger partial charge in [-0.3, -0.25) is 14.5 Å². The lowest BCUT2D eigenvalue weighted by Gasteiger charge is -2.24. The Morgan fingerprint density at radius 1 is 1.40 bits per heavy atom. The molecule has 1 rings (SSSR count). The van der Waals surface area contributed by atoms with Crippen molar-refractivity contribution >= 4 is 29.1 Å². The van der Waals surface area contributed by atoms with E-state index in [2.05, 4.69) is 5.32 Å². The highest BCUT2D eigenvalue weighted by Gasteiger charge is 2.17. The van der Waals surface area contributed by atoms with Crippen molar-refractivity contribution in [2.24, 2.45) is 5.73 Å². The number of carbonyl (C=O) groups excluding carboxylic acids is 2. The summed E-state index contributed by atoms with van der Waals surface area (Å²) in [5.74, 6) is -1.57. The molecular weight excluding hydrogens is 285 g/mol. The van der Waals surface area contributed by atoms with Crippen LogP contribution in [0.1, 0.15) is 13.8 Å². The van der Waals surface area contributed by atoms with Crippen LogP contribution >= 0.6 is 11.6 Å². The molecule has 0 aliphatic heterocycles. The molecule has 0 spiro atoms. The van der Waals surface area contributed by atoms with Crippen molar-refractivity contribution in [2.75, 3.05) is 18.4 Å². The van der Waals surface area contributed by atoms with E-state index in [1.165, 1.54) is 12.1 Å². The standard InChI is InChI=1S/C13H17ClFN3O2/c1-8(2)18(6-12(16)19)7-13(20)17-11-4-3-9(14)5-10(11)15/h3-5,8H,6-7H2,1-2H3,(H2,16,19)(H,17,20). The van der Waals surface area contributed by atoms with E-state index in [4.69, 9.17) is 17.3 Å². The summed E-state index contributed by atoms with van der Waals surface area (Å²) in [4.78, 5) is 24.3. The summed E-state index contributed by atoms with van der Waals surface area (Å²) in [6, 6.07) is 3.93. The van der Waals surface area contributed by atoms with Crippen LogP contribution in [-0.4, -0.2) is 35.8 Å². The molecule has 5 nitrogen and oxygen atoms in total. The van der Waals surface area contributed by atoms with Gasteiger partial charge in [0.2, 0.25) is 11.8 Å². The van der Waals surface area contributed by atoms with Crippen LogP contribution in [0.2, 0.25) is 5.02 Å². The topological polar surface area (TPSA) is 75.4 Å². The number of amides is 2. The molecular formula is C13H17ClFN3O2. The molecule has 0 fully saturated rings. The minimum absolute atomic E-state index is 0.0335. The normalized spacial score (nSPS) is 10.9. The number of nitrogens with one attached hydrogen (secondary N) is 1. The zero-order chi connectivity index (χ0) is 15.3. The molecule has 0 bridgehead atoms. The second-order valence-electron chi connectivity index (χ2n) is 4.64. The number of anilines is 1. The molecule has 0 aliphatic rings. The van der Waals surface area contributed by atoms with Gasteiger partial charge in [0.15, 0.2) is 0 Å². The minimum atomic E-state index is -0.614. The van der Waals surface area contributed by atoms with Gasteiger partial charge in [-0.05, 0) is 32.0 Å². The molecule has 0 heterocycles. The van der Waals surface area contributed by atoms with E-state index in [0.29, 0.717) is 0 Å². The first-order valence-electron chi connectivity index (χ1n) is 6.07. The summed E-state index contributed by atoms with van der Waals surface area (Å²) in [7, 11) is 0. The van der Waals surface area contributed by atoms with E-state index in [1.807, 2.05) is 13.8 Å². The first kappa shape index (κ1) is 16.4. The monoisotopic (exact) mass is 301 g/mol. The maximum absolute atomic E-state index is 13.5. The van der Waals surface area contributed by atoms with Crippen molar-refractivity contribution in [2.45, 2.75) is 19.9 Å². The number of carbonyl (C=O) groups is 2. The predicted octanol–water partition coefficient (Wildman–Crippen LogP) is 1.61. The zero-order valence-corrected chi connectivity index (χ0v) is 12.1. The van der Waals surface area contributed by atoms with E-state index in [1.54, 1.807) is 4.90 Å². The van der Waals surface area contributed by atoms with Crippen LogP contribution < -0.4 is 11.1 Å². The summed E-state index contributed by atoms with van der Waals surface area (Å²) in [6.07, 6.45) is 0. The number of nitrogens with zero attached hydrogens (tertiary/aromatic N) is 1. The van der Waals surface area contributed by atoms with Gasteiger partial charge in [0.25, 0.3) is 0 Å². The third-order valence-corrected chi connectivity index (χ3v) is 2.88. The third kappa shape index (κ3) is 5.14. The molecule has 1 aromatic carbocycles. The average molecular weight is 302 g/mol. The second-order valence-corrected chi connectivity index (χ2v) is 5.07. The first-order valence-corrected chi connectivity index (χ1v) is 6.44. The van der Waals surface area contributed by atoms with Crippen LogP contribution in [0.5, 0.6) is 0 Å². The number of rotatable bonds is 6. The van der Waals surface area contributed by atoms with Crippen LogP contribution in [0.3, 0.4) is 0 Å². The van der Waals surface area contributed by atoms with Crippen LogP contribution in [0.25, 0.3) is 0 Å². The van der Waals surface area contributed by atoms with E-state index < -0.39 is 17.6 Å². The van der Waals surface area contributed by atoms with Crippen molar-refractivity contribution in [1.82, 2.24) is 4.90 Å². The first-order chi connectivity index (χ1) is 9.29. The lowest BCUT2D eigenvalue weighted by atomic mass is 10.2. The molecule has 1 aromatic rings. The molecule has 3 N–H and O–H groups in total. The number of benzene rings is 1. The fourth-order valence-electron chi connectivity index (χ4n) is 1.59. The quantitative estimate of drug-likeness (QED) is 0.838. The summed E-state index contributed by atoms with van der Waals surface area (Å²) in [6.45, 7) is 3.58. The Morgan fingerprint density at radius 2 is 2.05 bits per heavy atom. The van der Waals surface area contributed by atoms with Crippen LogP contribution in [0, 0.1) is 5.82 Å². The summed E-state index contributed by atoms with van der Waals surface area (Å²) >= 11 is 5.62. The number of primary amides is 1. The number of nitrogens with two attached hydrogens (primary N) is 1.